The van der Waals surface area contributed by atoms with E-state index in [2.05, 4.69) is 47.6 Å². The maximum Gasteiger partial charge on any atom is 0.293 e. The van der Waals surface area contributed by atoms with E-state index in [1.54, 1.807) is 25.4 Å². The fourth-order valence-electron chi connectivity index (χ4n) is 9.13. The van der Waals surface area contributed by atoms with E-state index in [-0.39, 0.29) is 17.3 Å². The second-order valence-corrected chi connectivity index (χ2v) is 16.6. The summed E-state index contributed by atoms with van der Waals surface area (Å²) >= 11 is 0.986. The Morgan fingerprint density at radius 2 is 1.84 bits per heavy atom. The first-order chi connectivity index (χ1) is 27.2. The van der Waals surface area contributed by atoms with Crippen LogP contribution in [0.4, 0.5) is 17.1 Å². The molecule has 9 rings (SSSR count). The van der Waals surface area contributed by atoms with Gasteiger partial charge in [-0.1, -0.05) is 6.07 Å². The average molecular weight is 775 g/mol. The molecule has 0 radical (unpaired) electrons. The van der Waals surface area contributed by atoms with Crippen molar-refractivity contribution in [3.05, 3.63) is 106 Å². The van der Waals surface area contributed by atoms with Gasteiger partial charge in [0.05, 0.1) is 23.8 Å². The zero-order valence-corrected chi connectivity index (χ0v) is 32.2. The molecule has 290 valence electrons. The summed E-state index contributed by atoms with van der Waals surface area (Å²) in [4.78, 5) is 40.3. The Bertz CT molecular complexity index is 2270. The number of hydrogen-bond acceptors (Lipinski definition) is 11. The Balaban J connectivity index is 0.815. The lowest BCUT2D eigenvalue weighted by atomic mass is 9.60. The molecule has 1 amide bonds. The van der Waals surface area contributed by atoms with Gasteiger partial charge < -0.3 is 30.0 Å². The maximum atomic E-state index is 13.6. The lowest BCUT2D eigenvalue weighted by Crippen LogP contribution is -2.59. The van der Waals surface area contributed by atoms with Gasteiger partial charge in [0.25, 0.3) is 11.6 Å². The Hall–Kier alpha value is -5.31. The number of nitrogens with two attached hydrogens (primary N) is 1. The molecule has 2 saturated heterocycles. The van der Waals surface area contributed by atoms with Gasteiger partial charge in [0, 0.05) is 92.1 Å². The number of aromatic nitrogens is 2. The van der Waals surface area contributed by atoms with E-state index in [1.807, 2.05) is 30.5 Å². The number of nitrogens with zero attached hydrogens (tertiary/aromatic N) is 5. The van der Waals surface area contributed by atoms with Crippen LogP contribution >= 0.6 is 11.9 Å². The second-order valence-electron chi connectivity index (χ2n) is 15.7. The van der Waals surface area contributed by atoms with Crippen LogP contribution in [0.1, 0.15) is 53.1 Å². The van der Waals surface area contributed by atoms with E-state index < -0.39 is 4.92 Å². The molecule has 1 spiro atoms. The van der Waals surface area contributed by atoms with Crippen molar-refractivity contribution in [2.75, 3.05) is 63.6 Å². The van der Waals surface area contributed by atoms with Gasteiger partial charge in [0.15, 0.2) is 0 Å². The molecule has 4 N–H and O–H groups in total. The first-order valence-corrected chi connectivity index (χ1v) is 20.2. The molecule has 3 aromatic carbocycles. The highest BCUT2D eigenvalue weighted by atomic mass is 32.2. The number of benzene rings is 3. The van der Waals surface area contributed by atoms with Crippen molar-refractivity contribution in [2.45, 2.75) is 49.0 Å². The van der Waals surface area contributed by atoms with E-state index in [0.29, 0.717) is 39.3 Å². The normalized spacial score (nSPS) is 19.6. The number of rotatable bonds is 11. The van der Waals surface area contributed by atoms with Gasteiger partial charge >= 0.3 is 0 Å². The van der Waals surface area contributed by atoms with E-state index in [4.69, 9.17) is 15.2 Å². The number of fused-ring (bicyclic) bond motifs is 2. The lowest BCUT2D eigenvalue weighted by molar-refractivity contribution is -0.384. The maximum absolute atomic E-state index is 13.6. The molecule has 1 saturated carbocycles. The number of piperazine rings is 1. The second kappa shape index (κ2) is 15.0. The molecule has 2 aromatic heterocycles. The number of nitro groups is 1. The van der Waals surface area contributed by atoms with Crippen LogP contribution in [-0.4, -0.2) is 89.6 Å². The minimum atomic E-state index is -0.538. The van der Waals surface area contributed by atoms with Crippen LogP contribution in [0, 0.1) is 15.5 Å². The van der Waals surface area contributed by atoms with Gasteiger partial charge in [0.2, 0.25) is 0 Å². The summed E-state index contributed by atoms with van der Waals surface area (Å²) in [5, 5.41) is 12.3. The molecule has 14 heteroatoms. The van der Waals surface area contributed by atoms with E-state index in [0.717, 1.165) is 93.1 Å². The molecule has 4 heterocycles. The summed E-state index contributed by atoms with van der Waals surface area (Å²) in [5.74, 6) is 2.12. The van der Waals surface area contributed by atoms with Gasteiger partial charge in [-0.15, -0.1) is 0 Å². The van der Waals surface area contributed by atoms with E-state index in [9.17, 15) is 14.9 Å². The minimum absolute atomic E-state index is 0.0630. The number of methoxy groups -OCH3 is 1. The fraction of sp³-hybridized carbons (Fsp3) is 0.381. The van der Waals surface area contributed by atoms with Crippen LogP contribution in [-0.2, 0) is 6.42 Å². The number of carbonyl (C=O) groups excluding carboxylic acids is 1. The van der Waals surface area contributed by atoms with Crippen molar-refractivity contribution in [1.29, 1.82) is 0 Å². The zero-order chi connectivity index (χ0) is 38.4. The van der Waals surface area contributed by atoms with Crippen LogP contribution in [0.5, 0.6) is 17.2 Å². The predicted molar refractivity (Wildman–Crippen MR) is 218 cm³/mol. The number of ether oxygens (including phenoxy) is 2. The number of nitrogens with one attached hydrogen (secondary N) is 2. The van der Waals surface area contributed by atoms with E-state index in [1.165, 1.54) is 42.5 Å². The zero-order valence-electron chi connectivity index (χ0n) is 31.4. The number of nitrogen functional groups attached to an aromatic ring is 1. The van der Waals surface area contributed by atoms with Crippen molar-refractivity contribution >= 4 is 46.0 Å². The molecule has 1 atom stereocenters. The van der Waals surface area contributed by atoms with Crippen LogP contribution < -0.4 is 24.8 Å². The summed E-state index contributed by atoms with van der Waals surface area (Å²) in [5.41, 5.74) is 11.1. The summed E-state index contributed by atoms with van der Waals surface area (Å²) < 4.78 is 14.7. The highest BCUT2D eigenvalue weighted by Crippen LogP contribution is 2.52. The van der Waals surface area contributed by atoms with Crippen LogP contribution in [0.15, 0.2) is 84.0 Å². The van der Waals surface area contributed by atoms with Crippen molar-refractivity contribution in [3.63, 3.8) is 0 Å². The summed E-state index contributed by atoms with van der Waals surface area (Å²) in [6.45, 7) is 7.62. The summed E-state index contributed by atoms with van der Waals surface area (Å²) in [7, 11) is 1.74. The first kappa shape index (κ1) is 36.3. The Kier molecular flexibility index (Phi) is 9.72. The van der Waals surface area contributed by atoms with Crippen LogP contribution in [0.2, 0.25) is 0 Å². The number of aromatic amines is 1. The standard InChI is InChI=1S/C42H46N8O5S/c1-54-32-4-2-27-18-29(36(27)21-32)26-47-14-16-49(17-15-47)31-23-42(24-31)9-12-48(13-10-42)30-3-6-35(39(20-30)55-33-19-28-8-11-44-40(28)45-25-33)41(51)46-56-34-5-7-37(43)38(22-34)50(52)53/h2-8,11,19-22,25,29,31H,9-10,12-18,23-24,26,43H2,1H3,(H,44,45)(H,46,51). The summed E-state index contributed by atoms with van der Waals surface area (Å²) in [6.07, 6.45) is 9.47. The van der Waals surface area contributed by atoms with Gasteiger partial charge in [-0.3, -0.25) is 24.5 Å². The van der Waals surface area contributed by atoms with Gasteiger partial charge in [-0.2, -0.15) is 0 Å². The number of pyridine rings is 1. The van der Waals surface area contributed by atoms with Crippen molar-refractivity contribution in [1.82, 2.24) is 24.5 Å². The third kappa shape index (κ3) is 7.24. The number of amides is 1. The quantitative estimate of drug-likeness (QED) is 0.0550. The number of carbonyl (C=O) groups is 1. The molecule has 1 unspecified atom stereocenters. The fourth-order valence-corrected chi connectivity index (χ4v) is 9.76. The third-order valence-electron chi connectivity index (χ3n) is 12.5. The molecule has 4 aliphatic rings. The molecular weight excluding hydrogens is 729 g/mol. The molecule has 2 aliphatic heterocycles. The number of nitro benzene ring substituents is 1. The van der Waals surface area contributed by atoms with E-state index >= 15 is 0 Å². The highest BCUT2D eigenvalue weighted by Gasteiger charge is 2.48. The smallest absolute Gasteiger partial charge is 0.293 e. The Morgan fingerprint density at radius 1 is 1.02 bits per heavy atom. The highest BCUT2D eigenvalue weighted by molar-refractivity contribution is 7.98. The number of H-pyrrole nitrogens is 1. The molecule has 5 aromatic rings. The van der Waals surface area contributed by atoms with Gasteiger partial charge in [-0.25, -0.2) is 4.98 Å². The SMILES string of the molecule is COc1ccc2c(c1)C(CN1CCN(C3CC4(CCN(c5ccc(C(=O)NSc6ccc(N)c([N+](=O)[O-])c6)c(Oc6cnc7[nH]ccc7c6)c5)CC4)C3)CC1)C2. The monoisotopic (exact) mass is 774 g/mol. The topological polar surface area (TPSA) is 155 Å². The molecule has 3 fully saturated rings. The van der Waals surface area contributed by atoms with Crippen molar-refractivity contribution < 1.29 is 19.2 Å². The van der Waals surface area contributed by atoms with Gasteiger partial charge in [0.1, 0.15) is 28.6 Å². The minimum Gasteiger partial charge on any atom is -0.497 e. The largest absolute Gasteiger partial charge is 0.497 e. The number of anilines is 2. The Labute approximate surface area is 329 Å². The number of hydrogen-bond donors (Lipinski definition) is 3. The molecule has 13 nitrogen and oxygen atoms in total. The molecule has 56 heavy (non-hydrogen) atoms. The third-order valence-corrected chi connectivity index (χ3v) is 13.2. The van der Waals surface area contributed by atoms with Crippen molar-refractivity contribution in [2.24, 2.45) is 5.41 Å². The van der Waals surface area contributed by atoms with Crippen LogP contribution in [0.25, 0.3) is 11.0 Å². The summed E-state index contributed by atoms with van der Waals surface area (Å²) in [6, 6.07) is 21.2. The predicted octanol–water partition coefficient (Wildman–Crippen LogP) is 7.00. The first-order valence-electron chi connectivity index (χ1n) is 19.4. The molecule has 2 aliphatic carbocycles. The molecular formula is C42H46N8O5S. The van der Waals surface area contributed by atoms with Crippen molar-refractivity contribution in [3.8, 4) is 17.2 Å². The van der Waals surface area contributed by atoms with Crippen LogP contribution in [0.3, 0.4) is 0 Å². The Morgan fingerprint density at radius 3 is 2.62 bits per heavy atom. The number of piperidine rings is 1. The average Bonchev–Trinajstić information content (AvgIpc) is 3.67. The lowest BCUT2D eigenvalue weighted by Gasteiger charge is -2.56. The molecule has 0 bridgehead atoms. The van der Waals surface area contributed by atoms with Gasteiger partial charge in [-0.05, 0) is 109 Å².